The van der Waals surface area contributed by atoms with E-state index in [-0.39, 0.29) is 11.9 Å². The van der Waals surface area contributed by atoms with Gasteiger partial charge in [-0.2, -0.15) is 0 Å². The van der Waals surface area contributed by atoms with Crippen molar-refractivity contribution in [3.05, 3.63) is 0 Å². The van der Waals surface area contributed by atoms with E-state index < -0.39 is 0 Å². The maximum Gasteiger partial charge on any atom is 0.221 e. The Balaban J connectivity index is 2.24. The molecule has 2 unspecified atom stereocenters. The highest BCUT2D eigenvalue weighted by atomic mass is 16.1. The van der Waals surface area contributed by atoms with E-state index in [0.717, 1.165) is 25.9 Å². The quantitative estimate of drug-likeness (QED) is 0.744. The summed E-state index contributed by atoms with van der Waals surface area (Å²) >= 11 is 0. The molecule has 0 aliphatic carbocycles. The summed E-state index contributed by atoms with van der Waals surface area (Å²) in [7, 11) is 0. The van der Waals surface area contributed by atoms with Crippen LogP contribution in [0.25, 0.3) is 0 Å². The molecule has 1 aliphatic heterocycles. The summed E-state index contributed by atoms with van der Waals surface area (Å²) in [6, 6.07) is 1.09. The van der Waals surface area contributed by atoms with Gasteiger partial charge in [0.05, 0.1) is 0 Å². The van der Waals surface area contributed by atoms with E-state index in [9.17, 15) is 4.79 Å². The molecule has 0 spiro atoms. The number of carbonyl (C=O) groups excluding carboxylic acids is 1. The fraction of sp³-hybridized carbons (Fsp3) is 0.917. The Morgan fingerprint density at radius 1 is 1.56 bits per heavy atom. The lowest BCUT2D eigenvalue weighted by Gasteiger charge is -2.36. The zero-order valence-electron chi connectivity index (χ0n) is 10.7. The van der Waals surface area contributed by atoms with E-state index in [0.29, 0.717) is 18.5 Å². The molecule has 1 heterocycles. The minimum absolute atomic E-state index is 0.150. The normalized spacial score (nSPS) is 27.1. The molecule has 2 atom stereocenters. The lowest BCUT2D eigenvalue weighted by molar-refractivity contribution is -0.122. The molecule has 0 aromatic rings. The van der Waals surface area contributed by atoms with E-state index in [1.54, 1.807) is 0 Å². The molecule has 3 N–H and O–H groups in total. The Morgan fingerprint density at radius 3 is 2.81 bits per heavy atom. The molecule has 1 aliphatic rings. The molecular formula is C12H25N3O. The van der Waals surface area contributed by atoms with Crippen molar-refractivity contribution in [1.29, 1.82) is 0 Å². The lowest BCUT2D eigenvalue weighted by atomic mass is 9.99. The van der Waals surface area contributed by atoms with Gasteiger partial charge in [0, 0.05) is 31.1 Å². The van der Waals surface area contributed by atoms with Gasteiger partial charge in [0.1, 0.15) is 0 Å². The molecule has 1 saturated heterocycles. The van der Waals surface area contributed by atoms with E-state index in [1.807, 2.05) is 13.8 Å². The SMILES string of the molecule is CC(C)NC(=O)CCN1CCC(N)CC1C. The molecule has 0 radical (unpaired) electrons. The monoisotopic (exact) mass is 227 g/mol. The summed E-state index contributed by atoms with van der Waals surface area (Å²) in [4.78, 5) is 13.9. The number of hydrogen-bond acceptors (Lipinski definition) is 3. The van der Waals surface area contributed by atoms with Gasteiger partial charge >= 0.3 is 0 Å². The third kappa shape index (κ3) is 4.49. The van der Waals surface area contributed by atoms with Gasteiger partial charge in [-0.25, -0.2) is 0 Å². The topological polar surface area (TPSA) is 58.4 Å². The van der Waals surface area contributed by atoms with Crippen molar-refractivity contribution in [2.24, 2.45) is 5.73 Å². The number of likely N-dealkylation sites (tertiary alicyclic amines) is 1. The zero-order chi connectivity index (χ0) is 12.1. The van der Waals surface area contributed by atoms with Crippen molar-refractivity contribution in [3.8, 4) is 0 Å². The number of carbonyl (C=O) groups is 1. The first-order valence-corrected chi connectivity index (χ1v) is 6.28. The van der Waals surface area contributed by atoms with Crippen LogP contribution in [0, 0.1) is 0 Å². The fourth-order valence-electron chi connectivity index (χ4n) is 2.23. The predicted molar refractivity (Wildman–Crippen MR) is 66.1 cm³/mol. The average molecular weight is 227 g/mol. The van der Waals surface area contributed by atoms with Gasteiger partial charge in [-0.1, -0.05) is 0 Å². The fourth-order valence-corrected chi connectivity index (χ4v) is 2.23. The van der Waals surface area contributed by atoms with Crippen LogP contribution in [0.4, 0.5) is 0 Å². The Labute approximate surface area is 98.6 Å². The van der Waals surface area contributed by atoms with Gasteiger partial charge in [0.2, 0.25) is 5.91 Å². The van der Waals surface area contributed by atoms with Crippen LogP contribution in [0.1, 0.15) is 40.0 Å². The van der Waals surface area contributed by atoms with Crippen LogP contribution in [0.15, 0.2) is 0 Å². The van der Waals surface area contributed by atoms with Gasteiger partial charge in [-0.15, -0.1) is 0 Å². The number of piperidine rings is 1. The number of nitrogens with zero attached hydrogens (tertiary/aromatic N) is 1. The van der Waals surface area contributed by atoms with Crippen molar-refractivity contribution >= 4 is 5.91 Å². The summed E-state index contributed by atoms with van der Waals surface area (Å²) < 4.78 is 0. The van der Waals surface area contributed by atoms with Crippen LogP contribution < -0.4 is 11.1 Å². The van der Waals surface area contributed by atoms with Crippen molar-refractivity contribution in [3.63, 3.8) is 0 Å². The summed E-state index contributed by atoms with van der Waals surface area (Å²) in [5.41, 5.74) is 5.90. The summed E-state index contributed by atoms with van der Waals surface area (Å²) in [5.74, 6) is 0.150. The summed E-state index contributed by atoms with van der Waals surface area (Å²) in [6.07, 6.45) is 2.69. The average Bonchev–Trinajstić information content (AvgIpc) is 2.15. The van der Waals surface area contributed by atoms with E-state index in [2.05, 4.69) is 17.1 Å². The van der Waals surface area contributed by atoms with Crippen LogP contribution in [0.3, 0.4) is 0 Å². The lowest BCUT2D eigenvalue weighted by Crippen LogP contribution is -2.46. The second-order valence-electron chi connectivity index (χ2n) is 5.14. The number of hydrogen-bond donors (Lipinski definition) is 2. The van der Waals surface area contributed by atoms with Crippen LogP contribution in [-0.2, 0) is 4.79 Å². The largest absolute Gasteiger partial charge is 0.354 e. The number of amides is 1. The van der Waals surface area contributed by atoms with E-state index >= 15 is 0 Å². The smallest absolute Gasteiger partial charge is 0.221 e. The molecule has 1 amide bonds. The van der Waals surface area contributed by atoms with Crippen molar-refractivity contribution in [1.82, 2.24) is 10.2 Å². The highest BCUT2D eigenvalue weighted by Gasteiger charge is 2.23. The molecule has 4 nitrogen and oxygen atoms in total. The minimum atomic E-state index is 0.150. The van der Waals surface area contributed by atoms with E-state index in [4.69, 9.17) is 5.73 Å². The molecule has 1 fully saturated rings. The Kier molecular flexibility index (Phi) is 5.22. The summed E-state index contributed by atoms with van der Waals surface area (Å²) in [6.45, 7) is 8.05. The first-order chi connectivity index (χ1) is 7.49. The van der Waals surface area contributed by atoms with Gasteiger partial charge in [-0.3, -0.25) is 4.79 Å². The number of rotatable bonds is 4. The molecule has 16 heavy (non-hydrogen) atoms. The van der Waals surface area contributed by atoms with Gasteiger partial charge in [0.25, 0.3) is 0 Å². The third-order valence-electron chi connectivity index (χ3n) is 3.13. The van der Waals surface area contributed by atoms with Gasteiger partial charge < -0.3 is 16.0 Å². The maximum atomic E-state index is 11.5. The highest BCUT2D eigenvalue weighted by molar-refractivity contribution is 5.76. The Hall–Kier alpha value is -0.610. The van der Waals surface area contributed by atoms with Crippen molar-refractivity contribution < 1.29 is 4.79 Å². The highest BCUT2D eigenvalue weighted by Crippen LogP contribution is 2.15. The van der Waals surface area contributed by atoms with Crippen molar-refractivity contribution in [2.75, 3.05) is 13.1 Å². The first kappa shape index (κ1) is 13.5. The van der Waals surface area contributed by atoms with Gasteiger partial charge in [-0.05, 0) is 40.2 Å². The first-order valence-electron chi connectivity index (χ1n) is 6.28. The van der Waals surface area contributed by atoms with Crippen LogP contribution >= 0.6 is 0 Å². The number of nitrogens with one attached hydrogen (secondary N) is 1. The number of nitrogens with two attached hydrogens (primary N) is 1. The molecule has 0 saturated carbocycles. The molecule has 4 heteroatoms. The standard InChI is InChI=1S/C12H25N3O/c1-9(2)14-12(16)5-7-15-6-4-11(13)8-10(15)3/h9-11H,4-8,13H2,1-3H3,(H,14,16). The molecule has 0 aromatic carbocycles. The predicted octanol–water partition coefficient (Wildman–Crippen LogP) is 0.713. The summed E-state index contributed by atoms with van der Waals surface area (Å²) in [5, 5.41) is 2.92. The van der Waals surface area contributed by atoms with E-state index in [1.165, 1.54) is 0 Å². The van der Waals surface area contributed by atoms with Crippen molar-refractivity contribution in [2.45, 2.75) is 58.2 Å². The van der Waals surface area contributed by atoms with Gasteiger partial charge in [0.15, 0.2) is 0 Å². The second-order valence-corrected chi connectivity index (χ2v) is 5.14. The zero-order valence-corrected chi connectivity index (χ0v) is 10.7. The maximum absolute atomic E-state index is 11.5. The van der Waals surface area contributed by atoms with Crippen LogP contribution in [0.5, 0.6) is 0 Å². The Morgan fingerprint density at radius 2 is 2.25 bits per heavy atom. The molecule has 0 bridgehead atoms. The third-order valence-corrected chi connectivity index (χ3v) is 3.13. The van der Waals surface area contributed by atoms with Crippen LogP contribution in [-0.4, -0.2) is 42.0 Å². The molecule has 0 aromatic heterocycles. The van der Waals surface area contributed by atoms with Crippen LogP contribution in [0.2, 0.25) is 0 Å². The molecular weight excluding hydrogens is 202 g/mol. The molecule has 1 rings (SSSR count). The molecule has 94 valence electrons. The Bertz CT molecular complexity index is 230. The minimum Gasteiger partial charge on any atom is -0.354 e. The second kappa shape index (κ2) is 6.21.